The SMILES string of the molecule is CC(=O)O/C(C(=O)c1ccccc1)=C(/O)c1ccccc1. The van der Waals surface area contributed by atoms with E-state index in [4.69, 9.17) is 4.74 Å². The molecule has 21 heavy (non-hydrogen) atoms. The number of aliphatic hydroxyl groups excluding tert-OH is 1. The van der Waals surface area contributed by atoms with Gasteiger partial charge in [-0.25, -0.2) is 0 Å². The van der Waals surface area contributed by atoms with Crippen LogP contribution in [-0.2, 0) is 9.53 Å². The molecule has 0 aromatic heterocycles. The molecule has 0 spiro atoms. The molecule has 0 aliphatic carbocycles. The number of benzene rings is 2. The second kappa shape index (κ2) is 6.52. The maximum atomic E-state index is 12.4. The van der Waals surface area contributed by atoms with Crippen molar-refractivity contribution >= 4 is 17.5 Å². The first-order chi connectivity index (χ1) is 10.1. The maximum absolute atomic E-state index is 12.4. The molecule has 4 nitrogen and oxygen atoms in total. The van der Waals surface area contributed by atoms with E-state index in [1.54, 1.807) is 60.7 Å². The van der Waals surface area contributed by atoms with E-state index in [1.807, 2.05) is 0 Å². The van der Waals surface area contributed by atoms with Crippen LogP contribution in [0, 0.1) is 0 Å². The van der Waals surface area contributed by atoms with Crippen LogP contribution in [0.25, 0.3) is 5.76 Å². The van der Waals surface area contributed by atoms with Gasteiger partial charge in [0.15, 0.2) is 5.76 Å². The van der Waals surface area contributed by atoms with Crippen molar-refractivity contribution < 1.29 is 19.4 Å². The lowest BCUT2D eigenvalue weighted by Crippen LogP contribution is -2.12. The van der Waals surface area contributed by atoms with Crippen LogP contribution in [0.4, 0.5) is 0 Å². The zero-order valence-electron chi connectivity index (χ0n) is 11.4. The molecule has 0 saturated carbocycles. The maximum Gasteiger partial charge on any atom is 0.308 e. The molecule has 0 bridgehead atoms. The Hall–Kier alpha value is -2.88. The van der Waals surface area contributed by atoms with E-state index in [1.165, 1.54) is 6.92 Å². The fourth-order valence-electron chi connectivity index (χ4n) is 1.79. The fourth-order valence-corrected chi connectivity index (χ4v) is 1.79. The number of esters is 1. The van der Waals surface area contributed by atoms with Gasteiger partial charge in [-0.2, -0.15) is 0 Å². The van der Waals surface area contributed by atoms with Crippen molar-refractivity contribution in [3.05, 3.63) is 77.5 Å². The molecule has 0 amide bonds. The first-order valence-corrected chi connectivity index (χ1v) is 6.36. The summed E-state index contributed by atoms with van der Waals surface area (Å²) in [6.45, 7) is 1.18. The number of aliphatic hydroxyl groups is 1. The van der Waals surface area contributed by atoms with Crippen LogP contribution in [0.15, 0.2) is 66.4 Å². The van der Waals surface area contributed by atoms with Gasteiger partial charge in [0.25, 0.3) is 0 Å². The van der Waals surface area contributed by atoms with Gasteiger partial charge in [-0.15, -0.1) is 0 Å². The number of allylic oxidation sites excluding steroid dienone is 1. The topological polar surface area (TPSA) is 63.6 Å². The Bertz CT molecular complexity index is 672. The van der Waals surface area contributed by atoms with Gasteiger partial charge in [0.1, 0.15) is 0 Å². The van der Waals surface area contributed by atoms with Crippen LogP contribution >= 0.6 is 0 Å². The minimum Gasteiger partial charge on any atom is -0.504 e. The zero-order chi connectivity index (χ0) is 15.2. The van der Waals surface area contributed by atoms with Crippen molar-refractivity contribution in [1.82, 2.24) is 0 Å². The Kier molecular flexibility index (Phi) is 4.51. The summed E-state index contributed by atoms with van der Waals surface area (Å²) in [5, 5.41) is 10.2. The number of ether oxygens (including phenoxy) is 1. The van der Waals surface area contributed by atoms with E-state index in [9.17, 15) is 14.7 Å². The number of carbonyl (C=O) groups is 2. The summed E-state index contributed by atoms with van der Waals surface area (Å²) in [5.74, 6) is -1.96. The number of rotatable bonds is 4. The standard InChI is InChI=1S/C17H14O4/c1-12(18)21-17(15(19)13-8-4-2-5-9-13)16(20)14-10-6-3-7-11-14/h2-11,19H,1H3/b17-15+. The average Bonchev–Trinajstić information content (AvgIpc) is 2.53. The Labute approximate surface area is 122 Å². The molecule has 0 unspecified atom stereocenters. The largest absolute Gasteiger partial charge is 0.504 e. The number of Topliss-reactive ketones (excluding diaryl/α,β-unsaturated/α-hetero) is 1. The van der Waals surface area contributed by atoms with Crippen molar-refractivity contribution in [3.63, 3.8) is 0 Å². The highest BCUT2D eigenvalue weighted by molar-refractivity contribution is 6.11. The predicted octanol–water partition coefficient (Wildman–Crippen LogP) is 3.36. The third-order valence-electron chi connectivity index (χ3n) is 2.75. The van der Waals surface area contributed by atoms with Gasteiger partial charge in [-0.1, -0.05) is 60.7 Å². The lowest BCUT2D eigenvalue weighted by Gasteiger charge is -2.09. The normalized spacial score (nSPS) is 11.5. The molecule has 0 saturated heterocycles. The molecular weight excluding hydrogens is 268 g/mol. The molecule has 2 aromatic carbocycles. The quantitative estimate of drug-likeness (QED) is 0.404. The number of ketones is 1. The average molecular weight is 282 g/mol. The Morgan fingerprint density at radius 3 is 1.81 bits per heavy atom. The van der Waals surface area contributed by atoms with Crippen molar-refractivity contribution in [3.8, 4) is 0 Å². The van der Waals surface area contributed by atoms with E-state index in [-0.39, 0.29) is 11.5 Å². The summed E-state index contributed by atoms with van der Waals surface area (Å²) in [4.78, 5) is 23.6. The molecule has 0 heterocycles. The van der Waals surface area contributed by atoms with Gasteiger partial charge in [-0.05, 0) is 0 Å². The molecule has 0 radical (unpaired) electrons. The minimum absolute atomic E-state index is 0.330. The molecule has 2 rings (SSSR count). The summed E-state index contributed by atoms with van der Waals surface area (Å²) >= 11 is 0. The monoisotopic (exact) mass is 282 g/mol. The van der Waals surface area contributed by atoms with Gasteiger partial charge in [0.2, 0.25) is 11.5 Å². The third-order valence-corrected chi connectivity index (χ3v) is 2.75. The zero-order valence-corrected chi connectivity index (χ0v) is 11.4. The number of carbonyl (C=O) groups excluding carboxylic acids is 2. The van der Waals surface area contributed by atoms with E-state index in [2.05, 4.69) is 0 Å². The van der Waals surface area contributed by atoms with Crippen molar-refractivity contribution in [2.24, 2.45) is 0 Å². The van der Waals surface area contributed by atoms with Crippen LogP contribution in [0.2, 0.25) is 0 Å². The highest BCUT2D eigenvalue weighted by atomic mass is 16.5. The molecule has 0 aliphatic rings. The highest BCUT2D eigenvalue weighted by Gasteiger charge is 2.21. The van der Waals surface area contributed by atoms with Gasteiger partial charge >= 0.3 is 5.97 Å². The fraction of sp³-hybridized carbons (Fsp3) is 0.0588. The summed E-state index contributed by atoms with van der Waals surface area (Å²) in [7, 11) is 0. The first kappa shape index (κ1) is 14.5. The summed E-state index contributed by atoms with van der Waals surface area (Å²) < 4.78 is 4.92. The summed E-state index contributed by atoms with van der Waals surface area (Å²) in [6, 6.07) is 16.8. The second-order valence-corrected chi connectivity index (χ2v) is 4.33. The van der Waals surface area contributed by atoms with E-state index in [0.29, 0.717) is 11.1 Å². The molecule has 0 fully saturated rings. The molecule has 1 N–H and O–H groups in total. The lowest BCUT2D eigenvalue weighted by atomic mass is 10.1. The Balaban J connectivity index is 2.48. The van der Waals surface area contributed by atoms with Crippen LogP contribution in [0.3, 0.4) is 0 Å². The van der Waals surface area contributed by atoms with Gasteiger partial charge < -0.3 is 9.84 Å². The predicted molar refractivity (Wildman–Crippen MR) is 78.5 cm³/mol. The van der Waals surface area contributed by atoms with Crippen LogP contribution in [0.5, 0.6) is 0 Å². The van der Waals surface area contributed by atoms with Gasteiger partial charge in [-0.3, -0.25) is 9.59 Å². The van der Waals surface area contributed by atoms with E-state index in [0.717, 1.165) is 0 Å². The van der Waals surface area contributed by atoms with Crippen molar-refractivity contribution in [1.29, 1.82) is 0 Å². The Morgan fingerprint density at radius 1 is 0.857 bits per heavy atom. The van der Waals surface area contributed by atoms with Crippen molar-refractivity contribution in [2.75, 3.05) is 0 Å². The molecule has 0 aliphatic heterocycles. The Morgan fingerprint density at radius 2 is 1.33 bits per heavy atom. The van der Waals surface area contributed by atoms with Crippen molar-refractivity contribution in [2.45, 2.75) is 6.92 Å². The molecule has 0 atom stereocenters. The van der Waals surface area contributed by atoms with Crippen LogP contribution in [0.1, 0.15) is 22.8 Å². The molecule has 2 aromatic rings. The minimum atomic E-state index is -0.670. The summed E-state index contributed by atoms with van der Waals surface area (Å²) in [6.07, 6.45) is 0. The number of hydrogen-bond donors (Lipinski definition) is 1. The number of hydrogen-bond acceptors (Lipinski definition) is 4. The third kappa shape index (κ3) is 3.57. The van der Waals surface area contributed by atoms with Crippen LogP contribution < -0.4 is 0 Å². The van der Waals surface area contributed by atoms with Crippen LogP contribution in [-0.4, -0.2) is 16.9 Å². The molecule has 106 valence electrons. The smallest absolute Gasteiger partial charge is 0.308 e. The first-order valence-electron chi connectivity index (χ1n) is 6.36. The van der Waals surface area contributed by atoms with E-state index >= 15 is 0 Å². The highest BCUT2D eigenvalue weighted by Crippen LogP contribution is 2.20. The van der Waals surface area contributed by atoms with Gasteiger partial charge in [0, 0.05) is 18.1 Å². The summed E-state index contributed by atoms with van der Waals surface area (Å²) in [5.41, 5.74) is 0.731. The molecular formula is C17H14O4. The lowest BCUT2D eigenvalue weighted by molar-refractivity contribution is -0.136. The second-order valence-electron chi connectivity index (χ2n) is 4.33. The molecule has 4 heteroatoms. The van der Waals surface area contributed by atoms with E-state index < -0.39 is 11.8 Å². The van der Waals surface area contributed by atoms with Gasteiger partial charge in [0.05, 0.1) is 0 Å².